The van der Waals surface area contributed by atoms with Crippen LogP contribution in [0.1, 0.15) is 46.0 Å². The fourth-order valence-electron chi connectivity index (χ4n) is 3.24. The quantitative estimate of drug-likeness (QED) is 0.805. The normalized spacial score (nSPS) is 33.8. The Hall–Kier alpha value is -1.06. The van der Waals surface area contributed by atoms with Crippen molar-refractivity contribution in [1.82, 2.24) is 5.32 Å². The number of carboxylic acid groups (broad SMARTS) is 1. The molecule has 2 fully saturated rings. The topological polar surface area (TPSA) is 66.4 Å². The summed E-state index contributed by atoms with van der Waals surface area (Å²) >= 11 is 0. The van der Waals surface area contributed by atoms with Crippen LogP contribution in [0, 0.1) is 23.7 Å². The van der Waals surface area contributed by atoms with E-state index in [9.17, 15) is 14.7 Å². The van der Waals surface area contributed by atoms with E-state index in [0.29, 0.717) is 24.7 Å². The van der Waals surface area contributed by atoms with Gasteiger partial charge in [0.25, 0.3) is 0 Å². The maximum atomic E-state index is 12.2. The fraction of sp³-hybridized carbons (Fsp3) is 0.857. The average molecular weight is 253 g/mol. The lowest BCUT2D eigenvalue weighted by Gasteiger charge is -2.32. The van der Waals surface area contributed by atoms with E-state index in [1.165, 1.54) is 19.3 Å². The van der Waals surface area contributed by atoms with Crippen LogP contribution in [0.15, 0.2) is 0 Å². The number of aliphatic carboxylic acids is 1. The number of carbonyl (C=O) groups excluding carboxylic acids is 1. The van der Waals surface area contributed by atoms with E-state index >= 15 is 0 Å². The molecule has 1 amide bonds. The minimum atomic E-state index is -0.823. The van der Waals surface area contributed by atoms with Crippen LogP contribution in [0.4, 0.5) is 0 Å². The van der Waals surface area contributed by atoms with Crippen molar-refractivity contribution in [2.45, 2.75) is 52.0 Å². The van der Waals surface area contributed by atoms with Crippen LogP contribution in [0.5, 0.6) is 0 Å². The van der Waals surface area contributed by atoms with E-state index in [2.05, 4.69) is 5.32 Å². The van der Waals surface area contributed by atoms with Crippen molar-refractivity contribution >= 4 is 11.9 Å². The highest BCUT2D eigenvalue weighted by molar-refractivity contribution is 5.85. The molecular weight excluding hydrogens is 230 g/mol. The summed E-state index contributed by atoms with van der Waals surface area (Å²) in [6.07, 6.45) is 4.96. The number of carbonyl (C=O) groups is 2. The van der Waals surface area contributed by atoms with Crippen LogP contribution >= 0.6 is 0 Å². The first-order chi connectivity index (χ1) is 8.49. The van der Waals surface area contributed by atoms with Crippen molar-refractivity contribution in [3.05, 3.63) is 0 Å². The van der Waals surface area contributed by atoms with Crippen LogP contribution in [0.2, 0.25) is 0 Å². The van der Waals surface area contributed by atoms with Crippen molar-refractivity contribution in [1.29, 1.82) is 0 Å². The maximum absolute atomic E-state index is 12.2. The van der Waals surface area contributed by atoms with Crippen LogP contribution in [0.25, 0.3) is 0 Å². The Balaban J connectivity index is 1.92. The summed E-state index contributed by atoms with van der Waals surface area (Å²) in [5.74, 6) is -0.771. The molecule has 102 valence electrons. The zero-order valence-electron chi connectivity index (χ0n) is 11.2. The number of hydrogen-bond donors (Lipinski definition) is 2. The maximum Gasteiger partial charge on any atom is 0.307 e. The van der Waals surface area contributed by atoms with Gasteiger partial charge in [-0.25, -0.2) is 0 Å². The SMILES string of the molecule is CC1CC(C(=O)O)C(C(=O)NC(C)C2CCC2)C1. The second-order valence-corrected chi connectivity index (χ2v) is 6.12. The predicted octanol–water partition coefficient (Wildman–Crippen LogP) is 2.04. The number of carboxylic acids is 1. The van der Waals surface area contributed by atoms with Gasteiger partial charge in [-0.1, -0.05) is 13.3 Å². The largest absolute Gasteiger partial charge is 0.481 e. The first-order valence-corrected chi connectivity index (χ1v) is 7.02. The molecule has 0 saturated heterocycles. The minimum absolute atomic E-state index is 0.0499. The Bertz CT molecular complexity index is 338. The molecule has 2 aliphatic rings. The third-order valence-electron chi connectivity index (χ3n) is 4.68. The highest BCUT2D eigenvalue weighted by Crippen LogP contribution is 2.37. The average Bonchev–Trinajstić information content (AvgIpc) is 2.57. The number of rotatable bonds is 4. The Labute approximate surface area is 108 Å². The molecule has 4 atom stereocenters. The Morgan fingerprint density at radius 1 is 1.22 bits per heavy atom. The molecular formula is C14H23NO3. The molecule has 0 aliphatic heterocycles. The third-order valence-corrected chi connectivity index (χ3v) is 4.68. The summed E-state index contributed by atoms with van der Waals surface area (Å²) in [4.78, 5) is 23.4. The van der Waals surface area contributed by atoms with Crippen LogP contribution < -0.4 is 5.32 Å². The van der Waals surface area contributed by atoms with Gasteiger partial charge in [0.2, 0.25) is 5.91 Å². The van der Waals surface area contributed by atoms with E-state index in [1.807, 2.05) is 13.8 Å². The molecule has 0 aromatic rings. The lowest BCUT2D eigenvalue weighted by atomic mass is 9.80. The minimum Gasteiger partial charge on any atom is -0.481 e. The van der Waals surface area contributed by atoms with E-state index in [0.717, 1.165) is 0 Å². The molecule has 2 saturated carbocycles. The molecule has 0 bridgehead atoms. The zero-order valence-corrected chi connectivity index (χ0v) is 11.2. The lowest BCUT2D eigenvalue weighted by molar-refractivity contribution is -0.146. The molecule has 4 heteroatoms. The van der Waals surface area contributed by atoms with Gasteiger partial charge in [-0.15, -0.1) is 0 Å². The summed E-state index contributed by atoms with van der Waals surface area (Å²) in [7, 11) is 0. The fourth-order valence-corrected chi connectivity index (χ4v) is 3.24. The zero-order chi connectivity index (χ0) is 13.3. The van der Waals surface area contributed by atoms with Gasteiger partial charge < -0.3 is 10.4 Å². The van der Waals surface area contributed by atoms with Crippen molar-refractivity contribution in [3.63, 3.8) is 0 Å². The molecule has 0 heterocycles. The van der Waals surface area contributed by atoms with Crippen molar-refractivity contribution in [2.75, 3.05) is 0 Å². The molecule has 2 rings (SSSR count). The van der Waals surface area contributed by atoms with Gasteiger partial charge in [-0.2, -0.15) is 0 Å². The third kappa shape index (κ3) is 2.68. The molecule has 18 heavy (non-hydrogen) atoms. The van der Waals surface area contributed by atoms with Crippen LogP contribution in [-0.4, -0.2) is 23.0 Å². The summed E-state index contributed by atoms with van der Waals surface area (Å²) in [5.41, 5.74) is 0. The summed E-state index contributed by atoms with van der Waals surface area (Å²) in [6.45, 7) is 4.06. The van der Waals surface area contributed by atoms with Crippen molar-refractivity contribution in [2.24, 2.45) is 23.7 Å². The van der Waals surface area contributed by atoms with E-state index in [4.69, 9.17) is 0 Å². The second-order valence-electron chi connectivity index (χ2n) is 6.12. The van der Waals surface area contributed by atoms with E-state index in [1.54, 1.807) is 0 Å². The van der Waals surface area contributed by atoms with Crippen molar-refractivity contribution in [3.8, 4) is 0 Å². The van der Waals surface area contributed by atoms with Crippen LogP contribution in [-0.2, 0) is 9.59 Å². The molecule has 0 aromatic heterocycles. The number of hydrogen-bond acceptors (Lipinski definition) is 2. The van der Waals surface area contributed by atoms with E-state index < -0.39 is 11.9 Å². The second kappa shape index (κ2) is 5.29. The Kier molecular flexibility index (Phi) is 3.93. The first kappa shape index (κ1) is 13.4. The smallest absolute Gasteiger partial charge is 0.307 e. The molecule has 2 aliphatic carbocycles. The highest BCUT2D eigenvalue weighted by Gasteiger charge is 2.41. The van der Waals surface area contributed by atoms with Crippen molar-refractivity contribution < 1.29 is 14.7 Å². The Morgan fingerprint density at radius 2 is 1.83 bits per heavy atom. The standard InChI is InChI=1S/C14H23NO3/c1-8-6-11(12(7-8)14(17)18)13(16)15-9(2)10-4-3-5-10/h8-12H,3-7H2,1-2H3,(H,15,16)(H,17,18). The van der Waals surface area contributed by atoms with Gasteiger partial charge in [0.1, 0.15) is 0 Å². The summed E-state index contributed by atoms with van der Waals surface area (Å²) in [6, 6.07) is 0.191. The lowest BCUT2D eigenvalue weighted by Crippen LogP contribution is -2.44. The van der Waals surface area contributed by atoms with Gasteiger partial charge >= 0.3 is 5.97 Å². The van der Waals surface area contributed by atoms with Gasteiger partial charge in [-0.3, -0.25) is 9.59 Å². The molecule has 0 spiro atoms. The highest BCUT2D eigenvalue weighted by atomic mass is 16.4. The van der Waals surface area contributed by atoms with E-state index in [-0.39, 0.29) is 17.9 Å². The Morgan fingerprint density at radius 3 is 2.33 bits per heavy atom. The van der Waals surface area contributed by atoms with Gasteiger partial charge in [0, 0.05) is 6.04 Å². The molecule has 4 nitrogen and oxygen atoms in total. The molecule has 4 unspecified atom stereocenters. The van der Waals surface area contributed by atoms with Crippen LogP contribution in [0.3, 0.4) is 0 Å². The molecule has 0 aromatic carbocycles. The number of amides is 1. The number of nitrogens with one attached hydrogen (secondary N) is 1. The predicted molar refractivity (Wildman–Crippen MR) is 68.0 cm³/mol. The molecule has 0 radical (unpaired) electrons. The first-order valence-electron chi connectivity index (χ1n) is 7.02. The molecule has 2 N–H and O–H groups in total. The monoisotopic (exact) mass is 253 g/mol. The van der Waals surface area contributed by atoms with Gasteiger partial charge in [0.15, 0.2) is 0 Å². The summed E-state index contributed by atoms with van der Waals surface area (Å²) < 4.78 is 0. The van der Waals surface area contributed by atoms with Gasteiger partial charge in [-0.05, 0) is 44.4 Å². The summed E-state index contributed by atoms with van der Waals surface area (Å²) in [5, 5.41) is 12.2. The van der Waals surface area contributed by atoms with Gasteiger partial charge in [0.05, 0.1) is 11.8 Å².